The van der Waals surface area contributed by atoms with Gasteiger partial charge in [0.2, 0.25) is 0 Å². The van der Waals surface area contributed by atoms with Crippen molar-refractivity contribution in [2.75, 3.05) is 7.11 Å². The van der Waals surface area contributed by atoms with Crippen molar-refractivity contribution < 1.29 is 19.4 Å². The number of methoxy groups -OCH3 is 1. The largest absolute Gasteiger partial charge is 0.497 e. The van der Waals surface area contributed by atoms with Gasteiger partial charge in [0, 0.05) is 17.7 Å². The predicted molar refractivity (Wildman–Crippen MR) is 86.2 cm³/mol. The van der Waals surface area contributed by atoms with Crippen LogP contribution in [0.2, 0.25) is 0 Å². The van der Waals surface area contributed by atoms with E-state index < -0.39 is 11.6 Å². The van der Waals surface area contributed by atoms with Crippen molar-refractivity contribution in [3.63, 3.8) is 0 Å². The normalized spacial score (nSPS) is 16.7. The van der Waals surface area contributed by atoms with E-state index in [9.17, 15) is 4.79 Å². The number of carbonyl (C=O) groups is 1. The van der Waals surface area contributed by atoms with E-state index >= 15 is 0 Å². The highest BCUT2D eigenvalue weighted by Crippen LogP contribution is 2.38. The molecule has 0 radical (unpaired) electrons. The second-order valence-corrected chi connectivity index (χ2v) is 5.73. The molecule has 0 fully saturated rings. The fourth-order valence-corrected chi connectivity index (χ4v) is 2.32. The van der Waals surface area contributed by atoms with Crippen molar-refractivity contribution in [3.8, 4) is 11.5 Å². The lowest BCUT2D eigenvalue weighted by atomic mass is 9.94. The molecular formula is C18H20O4. The van der Waals surface area contributed by atoms with Crippen molar-refractivity contribution in [1.29, 1.82) is 0 Å². The fraction of sp³-hybridized carbons (Fsp3) is 0.278. The third-order valence-corrected chi connectivity index (χ3v) is 3.25. The number of hydrogen-bond donors (Lipinski definition) is 1. The molecule has 4 nitrogen and oxygen atoms in total. The zero-order chi connectivity index (χ0) is 16.3. The van der Waals surface area contributed by atoms with Gasteiger partial charge < -0.3 is 14.6 Å². The molecular weight excluding hydrogens is 280 g/mol. The maximum absolute atomic E-state index is 10.7. The van der Waals surface area contributed by atoms with Crippen LogP contribution in [0.4, 0.5) is 0 Å². The molecule has 0 saturated carbocycles. The van der Waals surface area contributed by atoms with Crippen LogP contribution in [0.1, 0.15) is 26.3 Å². The number of aliphatic carboxylic acids is 1. The van der Waals surface area contributed by atoms with Gasteiger partial charge in [0.1, 0.15) is 17.1 Å². The van der Waals surface area contributed by atoms with E-state index in [0.29, 0.717) is 5.57 Å². The molecule has 0 spiro atoms. The average molecular weight is 300 g/mol. The summed E-state index contributed by atoms with van der Waals surface area (Å²) in [6.07, 6.45) is 6.89. The summed E-state index contributed by atoms with van der Waals surface area (Å²) in [5, 5.41) is 8.76. The van der Waals surface area contributed by atoms with Crippen molar-refractivity contribution in [2.24, 2.45) is 0 Å². The molecule has 116 valence electrons. The fourth-order valence-electron chi connectivity index (χ4n) is 2.32. The quantitative estimate of drug-likeness (QED) is 0.678. The minimum absolute atomic E-state index is 0.441. The topological polar surface area (TPSA) is 55.8 Å². The lowest BCUT2D eigenvalue weighted by molar-refractivity contribution is -0.131. The van der Waals surface area contributed by atoms with E-state index in [4.69, 9.17) is 14.6 Å². The van der Waals surface area contributed by atoms with E-state index in [2.05, 4.69) is 0 Å². The van der Waals surface area contributed by atoms with Crippen molar-refractivity contribution in [1.82, 2.24) is 0 Å². The number of hydrogen-bond acceptors (Lipinski definition) is 3. The smallest absolute Gasteiger partial charge is 0.328 e. The molecule has 0 unspecified atom stereocenters. The van der Waals surface area contributed by atoms with Crippen LogP contribution in [-0.2, 0) is 4.79 Å². The van der Waals surface area contributed by atoms with Gasteiger partial charge in [-0.25, -0.2) is 4.79 Å². The van der Waals surface area contributed by atoms with Gasteiger partial charge >= 0.3 is 5.97 Å². The highest BCUT2D eigenvalue weighted by Gasteiger charge is 2.25. The van der Waals surface area contributed by atoms with Crippen LogP contribution in [0.5, 0.6) is 11.5 Å². The Kier molecular flexibility index (Phi) is 4.40. The number of allylic oxidation sites excluding steroid dienone is 4. The van der Waals surface area contributed by atoms with Crippen molar-refractivity contribution in [3.05, 3.63) is 53.6 Å². The first-order valence-electron chi connectivity index (χ1n) is 7.00. The number of carboxylic acids is 1. The van der Waals surface area contributed by atoms with Gasteiger partial charge in [0.15, 0.2) is 0 Å². The van der Waals surface area contributed by atoms with E-state index in [0.717, 1.165) is 22.6 Å². The Morgan fingerprint density at radius 3 is 2.73 bits per heavy atom. The molecule has 1 aliphatic heterocycles. The maximum Gasteiger partial charge on any atom is 0.328 e. The lowest BCUT2D eigenvalue weighted by Gasteiger charge is -2.30. The molecule has 1 heterocycles. The third-order valence-electron chi connectivity index (χ3n) is 3.25. The summed E-state index contributed by atoms with van der Waals surface area (Å²) in [4.78, 5) is 10.7. The van der Waals surface area contributed by atoms with Gasteiger partial charge in [0.05, 0.1) is 7.11 Å². The Hall–Kier alpha value is -2.49. The standard InChI is InChI=1S/C18H20O4/c1-12(9-17(19)20)5-6-13-11-18(2,3)22-16-10-14(21-4)7-8-15(13)16/h5-11H,1-4H3,(H,19,20)/b6-5+,12-9+. The molecule has 1 aliphatic rings. The van der Waals surface area contributed by atoms with Crippen molar-refractivity contribution in [2.45, 2.75) is 26.4 Å². The van der Waals surface area contributed by atoms with Gasteiger partial charge in [-0.2, -0.15) is 0 Å². The maximum atomic E-state index is 10.7. The van der Waals surface area contributed by atoms with Gasteiger partial charge in [-0.1, -0.05) is 12.2 Å². The van der Waals surface area contributed by atoms with Crippen LogP contribution >= 0.6 is 0 Å². The van der Waals surface area contributed by atoms with E-state index in [1.54, 1.807) is 20.1 Å². The first kappa shape index (κ1) is 15.9. The summed E-state index contributed by atoms with van der Waals surface area (Å²) in [7, 11) is 1.62. The van der Waals surface area contributed by atoms with Crippen molar-refractivity contribution >= 4 is 11.5 Å². The first-order valence-corrected chi connectivity index (χ1v) is 7.00. The molecule has 0 aliphatic carbocycles. The minimum atomic E-state index is -0.950. The monoisotopic (exact) mass is 300 g/mol. The Morgan fingerprint density at radius 1 is 1.36 bits per heavy atom. The molecule has 0 atom stereocenters. The highest BCUT2D eigenvalue weighted by atomic mass is 16.5. The molecule has 1 aromatic rings. The lowest BCUT2D eigenvalue weighted by Crippen LogP contribution is -2.28. The third kappa shape index (κ3) is 3.79. The summed E-state index contributed by atoms with van der Waals surface area (Å²) in [5.41, 5.74) is 2.18. The molecule has 1 N–H and O–H groups in total. The molecule has 0 saturated heterocycles. The van der Waals surface area contributed by atoms with E-state index in [1.165, 1.54) is 6.08 Å². The molecule has 1 aromatic carbocycles. The van der Waals surface area contributed by atoms with Crippen LogP contribution in [-0.4, -0.2) is 23.8 Å². The minimum Gasteiger partial charge on any atom is -0.497 e. The Balaban J connectivity index is 2.40. The molecule has 22 heavy (non-hydrogen) atoms. The predicted octanol–water partition coefficient (Wildman–Crippen LogP) is 3.84. The molecule has 0 aromatic heterocycles. The van der Waals surface area contributed by atoms with Crippen LogP contribution < -0.4 is 9.47 Å². The summed E-state index contributed by atoms with van der Waals surface area (Å²) in [6, 6.07) is 5.68. The summed E-state index contributed by atoms with van der Waals surface area (Å²) in [6.45, 7) is 5.71. The van der Waals surface area contributed by atoms with Gasteiger partial charge in [-0.05, 0) is 50.1 Å². The van der Waals surface area contributed by atoms with Crippen LogP contribution in [0.3, 0.4) is 0 Å². The zero-order valence-electron chi connectivity index (χ0n) is 13.2. The highest BCUT2D eigenvalue weighted by molar-refractivity contribution is 5.83. The van der Waals surface area contributed by atoms with Crippen LogP contribution in [0.25, 0.3) is 5.57 Å². The number of carboxylic acid groups (broad SMARTS) is 1. The second kappa shape index (κ2) is 6.10. The molecule has 4 heteroatoms. The van der Waals surface area contributed by atoms with Gasteiger partial charge in [-0.15, -0.1) is 0 Å². The molecule has 0 amide bonds. The second-order valence-electron chi connectivity index (χ2n) is 5.73. The Bertz CT molecular complexity index is 678. The number of ether oxygens (including phenoxy) is 2. The Labute approximate surface area is 130 Å². The number of rotatable bonds is 4. The first-order chi connectivity index (χ1) is 10.3. The molecule has 0 bridgehead atoms. The number of fused-ring (bicyclic) bond motifs is 1. The zero-order valence-corrected chi connectivity index (χ0v) is 13.2. The van der Waals surface area contributed by atoms with Crippen LogP contribution in [0, 0.1) is 0 Å². The number of benzene rings is 1. The Morgan fingerprint density at radius 2 is 2.09 bits per heavy atom. The van der Waals surface area contributed by atoms with Gasteiger partial charge in [-0.3, -0.25) is 0 Å². The SMILES string of the molecule is COc1ccc2c(c1)OC(C)(C)C=C2/C=C/C(C)=C/C(=O)O. The summed E-state index contributed by atoms with van der Waals surface area (Å²) in [5.74, 6) is 0.543. The van der Waals surface area contributed by atoms with Gasteiger partial charge in [0.25, 0.3) is 0 Å². The summed E-state index contributed by atoms with van der Waals surface area (Å²) < 4.78 is 11.2. The summed E-state index contributed by atoms with van der Waals surface area (Å²) >= 11 is 0. The van der Waals surface area contributed by atoms with E-state index in [1.807, 2.05) is 44.2 Å². The molecule has 2 rings (SSSR count). The van der Waals surface area contributed by atoms with E-state index in [-0.39, 0.29) is 0 Å². The average Bonchev–Trinajstić information content (AvgIpc) is 2.42. The van der Waals surface area contributed by atoms with Crippen LogP contribution in [0.15, 0.2) is 48.1 Å².